The van der Waals surface area contributed by atoms with E-state index in [1.165, 1.54) is 20.2 Å². The molecule has 0 N–H and O–H groups in total. The van der Waals surface area contributed by atoms with Crippen molar-refractivity contribution in [3.8, 4) is 11.1 Å². The van der Waals surface area contributed by atoms with Crippen LogP contribution < -0.4 is 4.90 Å². The molecule has 0 spiro atoms. The van der Waals surface area contributed by atoms with Gasteiger partial charge < -0.3 is 9.32 Å². The van der Waals surface area contributed by atoms with Gasteiger partial charge in [0.15, 0.2) is 0 Å². The van der Waals surface area contributed by atoms with E-state index in [9.17, 15) is 0 Å². The third-order valence-corrected chi connectivity index (χ3v) is 9.46. The van der Waals surface area contributed by atoms with Crippen LogP contribution in [0.1, 0.15) is 0 Å². The van der Waals surface area contributed by atoms with Crippen LogP contribution in [0.15, 0.2) is 150 Å². The third-order valence-electron chi connectivity index (χ3n) is 8.31. The molecule has 3 heterocycles. The zero-order valence-corrected chi connectivity index (χ0v) is 23.9. The highest BCUT2D eigenvalue weighted by Crippen LogP contribution is 2.41. The van der Waals surface area contributed by atoms with E-state index >= 15 is 0 Å². The fraction of sp³-hybridized carbons (Fsp3) is 0. The summed E-state index contributed by atoms with van der Waals surface area (Å²) in [4.78, 5) is 6.93. The second-order valence-electron chi connectivity index (χ2n) is 10.8. The Labute approximate surface area is 251 Å². The van der Waals surface area contributed by atoms with E-state index in [0.717, 1.165) is 55.3 Å². The fourth-order valence-electron chi connectivity index (χ4n) is 6.26. The molecule has 0 radical (unpaired) electrons. The van der Waals surface area contributed by atoms with Crippen LogP contribution in [0, 0.1) is 0 Å². The summed E-state index contributed by atoms with van der Waals surface area (Å²) in [6.45, 7) is 0. The van der Waals surface area contributed by atoms with E-state index in [1.807, 2.05) is 29.7 Å². The highest BCUT2D eigenvalue weighted by Gasteiger charge is 2.16. The molecule has 43 heavy (non-hydrogen) atoms. The molecule has 9 aromatic rings. The number of nitrogens with zero attached hydrogens (tertiary/aromatic N) is 2. The van der Waals surface area contributed by atoms with E-state index in [2.05, 4.69) is 137 Å². The normalized spacial score (nSPS) is 11.7. The van der Waals surface area contributed by atoms with Crippen LogP contribution in [-0.4, -0.2) is 4.98 Å². The van der Waals surface area contributed by atoms with Gasteiger partial charge in [0.2, 0.25) is 5.71 Å². The zero-order valence-electron chi connectivity index (χ0n) is 23.1. The number of hydrogen-bond donors (Lipinski definition) is 0. The van der Waals surface area contributed by atoms with Gasteiger partial charge in [0.1, 0.15) is 5.58 Å². The molecule has 0 unspecified atom stereocenters. The summed E-state index contributed by atoms with van der Waals surface area (Å²) < 4.78 is 8.68. The Kier molecular flexibility index (Phi) is 5.37. The molecule has 4 heteroatoms. The van der Waals surface area contributed by atoms with E-state index in [-0.39, 0.29) is 0 Å². The van der Waals surface area contributed by atoms with Crippen molar-refractivity contribution in [2.75, 3.05) is 4.90 Å². The number of pyridine rings is 1. The van der Waals surface area contributed by atoms with Gasteiger partial charge >= 0.3 is 0 Å². The largest absolute Gasteiger partial charge is 0.438 e. The van der Waals surface area contributed by atoms with Gasteiger partial charge in [-0.15, -0.1) is 11.3 Å². The van der Waals surface area contributed by atoms with E-state index < -0.39 is 0 Å². The molecule has 0 amide bonds. The van der Waals surface area contributed by atoms with Crippen molar-refractivity contribution in [2.45, 2.75) is 0 Å². The molecule has 6 aromatic carbocycles. The minimum Gasteiger partial charge on any atom is -0.438 e. The van der Waals surface area contributed by atoms with Crippen molar-refractivity contribution in [2.24, 2.45) is 0 Å². The first-order valence-electron chi connectivity index (χ1n) is 14.4. The Balaban J connectivity index is 1.16. The summed E-state index contributed by atoms with van der Waals surface area (Å²) in [6, 6.07) is 49.7. The van der Waals surface area contributed by atoms with Crippen molar-refractivity contribution in [1.29, 1.82) is 0 Å². The SMILES string of the molecule is c1ccc(N(c2ccc(-c3ccc4cnc5oc6ccccc6c5c4c3)cc2)c2ccc3sc4ccccc4c3c2)cc1. The average Bonchev–Trinajstić information content (AvgIpc) is 3.64. The first-order chi connectivity index (χ1) is 21.3. The number of aromatic nitrogens is 1. The number of hydrogen-bond acceptors (Lipinski definition) is 4. The molecule has 0 aliphatic heterocycles. The van der Waals surface area contributed by atoms with Gasteiger partial charge in [0.05, 0.1) is 5.39 Å². The summed E-state index contributed by atoms with van der Waals surface area (Å²) in [5.41, 5.74) is 7.24. The summed E-state index contributed by atoms with van der Waals surface area (Å²) in [5, 5.41) is 7.01. The zero-order chi connectivity index (χ0) is 28.3. The summed E-state index contributed by atoms with van der Waals surface area (Å²) in [6.07, 6.45) is 1.90. The maximum absolute atomic E-state index is 6.06. The quantitative estimate of drug-likeness (QED) is 0.211. The molecule has 0 aliphatic rings. The lowest BCUT2D eigenvalue weighted by atomic mass is 9.99. The van der Waals surface area contributed by atoms with Crippen molar-refractivity contribution in [3.05, 3.63) is 146 Å². The highest BCUT2D eigenvalue weighted by atomic mass is 32.1. The van der Waals surface area contributed by atoms with Crippen LogP contribution in [0.4, 0.5) is 17.1 Å². The Bertz CT molecular complexity index is 2460. The van der Waals surface area contributed by atoms with Crippen molar-refractivity contribution in [1.82, 2.24) is 4.98 Å². The molecule has 0 saturated carbocycles. The highest BCUT2D eigenvalue weighted by molar-refractivity contribution is 7.25. The predicted octanol–water partition coefficient (Wildman–Crippen LogP) is 11.6. The van der Waals surface area contributed by atoms with Crippen molar-refractivity contribution < 1.29 is 4.42 Å². The van der Waals surface area contributed by atoms with Gasteiger partial charge in [-0.2, -0.15) is 0 Å². The molecule has 3 aromatic heterocycles. The van der Waals surface area contributed by atoms with Gasteiger partial charge in [-0.3, -0.25) is 0 Å². The van der Waals surface area contributed by atoms with Gasteiger partial charge in [-0.1, -0.05) is 78.9 Å². The maximum Gasteiger partial charge on any atom is 0.227 e. The predicted molar refractivity (Wildman–Crippen MR) is 182 cm³/mol. The monoisotopic (exact) mass is 568 g/mol. The molecule has 3 nitrogen and oxygen atoms in total. The third kappa shape index (κ3) is 3.92. The molecular weight excluding hydrogens is 545 g/mol. The number of anilines is 3. The van der Waals surface area contributed by atoms with Crippen LogP contribution in [-0.2, 0) is 0 Å². The Morgan fingerprint density at radius 2 is 1.21 bits per heavy atom. The lowest BCUT2D eigenvalue weighted by molar-refractivity contribution is 0.654. The smallest absolute Gasteiger partial charge is 0.227 e. The molecule has 202 valence electrons. The molecule has 0 aliphatic carbocycles. The van der Waals surface area contributed by atoms with Crippen LogP contribution in [0.3, 0.4) is 0 Å². The molecular formula is C39H24N2OS. The fourth-order valence-corrected chi connectivity index (χ4v) is 7.34. The standard InChI is InChI=1S/C39H24N2OS/c1-2-8-28(9-3-1)41(30-20-21-37-34(23-30)31-10-5-7-13-36(31)43-37)29-18-16-25(17-19-29)26-14-15-27-24-40-39-38(33(27)22-26)32-11-4-6-12-35(32)42-39/h1-24H. The first-order valence-corrected chi connectivity index (χ1v) is 15.2. The van der Waals surface area contributed by atoms with Gasteiger partial charge in [0.25, 0.3) is 0 Å². The second-order valence-corrected chi connectivity index (χ2v) is 11.9. The number of fused-ring (bicyclic) bond motifs is 8. The molecule has 0 bridgehead atoms. The maximum atomic E-state index is 6.06. The minimum absolute atomic E-state index is 0.676. The molecule has 0 atom stereocenters. The molecule has 9 rings (SSSR count). The second kappa shape index (κ2) is 9.55. The summed E-state index contributed by atoms with van der Waals surface area (Å²) in [5.74, 6) is 0. The minimum atomic E-state index is 0.676. The molecule has 0 saturated heterocycles. The summed E-state index contributed by atoms with van der Waals surface area (Å²) in [7, 11) is 0. The van der Waals surface area contributed by atoms with Crippen LogP contribution in [0.25, 0.3) is 64.1 Å². The van der Waals surface area contributed by atoms with Crippen LogP contribution in [0.5, 0.6) is 0 Å². The average molecular weight is 569 g/mol. The van der Waals surface area contributed by atoms with Crippen molar-refractivity contribution >= 4 is 81.4 Å². The number of benzene rings is 6. The Hall–Kier alpha value is -5.45. The van der Waals surface area contributed by atoms with Crippen LogP contribution in [0.2, 0.25) is 0 Å². The van der Waals surface area contributed by atoms with Gasteiger partial charge in [0, 0.05) is 54.2 Å². The summed E-state index contributed by atoms with van der Waals surface area (Å²) >= 11 is 1.85. The lowest BCUT2D eigenvalue weighted by Crippen LogP contribution is -2.09. The lowest BCUT2D eigenvalue weighted by Gasteiger charge is -2.26. The number of thiophene rings is 1. The van der Waals surface area contributed by atoms with Gasteiger partial charge in [-0.25, -0.2) is 4.98 Å². The Morgan fingerprint density at radius 1 is 0.512 bits per heavy atom. The number of rotatable bonds is 4. The molecule has 0 fully saturated rings. The van der Waals surface area contributed by atoms with E-state index in [4.69, 9.17) is 4.42 Å². The number of furan rings is 1. The van der Waals surface area contributed by atoms with Crippen molar-refractivity contribution in [3.63, 3.8) is 0 Å². The van der Waals surface area contributed by atoms with Gasteiger partial charge in [-0.05, 0) is 77.2 Å². The van der Waals surface area contributed by atoms with Crippen LogP contribution >= 0.6 is 11.3 Å². The number of para-hydroxylation sites is 2. The van der Waals surface area contributed by atoms with E-state index in [1.54, 1.807) is 0 Å². The van der Waals surface area contributed by atoms with E-state index in [0.29, 0.717) is 5.71 Å². The first kappa shape index (κ1) is 24.2. The Morgan fingerprint density at radius 3 is 2.09 bits per heavy atom. The topological polar surface area (TPSA) is 29.3 Å².